The van der Waals surface area contributed by atoms with Gasteiger partial charge in [0.2, 0.25) is 0 Å². The van der Waals surface area contributed by atoms with E-state index in [1.54, 1.807) is 0 Å². The number of aldehydes is 1. The van der Waals surface area contributed by atoms with Crippen LogP contribution in [0.3, 0.4) is 0 Å². The highest BCUT2D eigenvalue weighted by atomic mass is 16.1. The molecule has 2 saturated carbocycles. The van der Waals surface area contributed by atoms with Crippen molar-refractivity contribution in [2.24, 2.45) is 17.8 Å². The minimum atomic E-state index is 0.442. The van der Waals surface area contributed by atoms with E-state index in [0.717, 1.165) is 11.8 Å². The zero-order chi connectivity index (χ0) is 7.68. The highest BCUT2D eigenvalue weighted by Crippen LogP contribution is 2.43. The molecule has 0 aliphatic heterocycles. The van der Waals surface area contributed by atoms with E-state index in [0.29, 0.717) is 5.92 Å². The number of hydrogen-bond acceptors (Lipinski definition) is 1. The molecule has 0 spiro atoms. The Hall–Kier alpha value is -0.330. The second-order valence-electron chi connectivity index (χ2n) is 4.10. The van der Waals surface area contributed by atoms with Crippen molar-refractivity contribution in [3.8, 4) is 0 Å². The molecule has 2 rings (SSSR count). The van der Waals surface area contributed by atoms with E-state index in [9.17, 15) is 4.79 Å². The van der Waals surface area contributed by atoms with Crippen molar-refractivity contribution in [2.75, 3.05) is 0 Å². The molecule has 0 amide bonds. The first-order valence-corrected chi connectivity index (χ1v) is 4.87. The van der Waals surface area contributed by atoms with Crippen LogP contribution in [0, 0.1) is 17.8 Å². The van der Waals surface area contributed by atoms with E-state index in [1.165, 1.54) is 44.8 Å². The molecule has 0 unspecified atom stereocenters. The summed E-state index contributed by atoms with van der Waals surface area (Å²) in [6.07, 6.45) is 9.26. The van der Waals surface area contributed by atoms with Crippen molar-refractivity contribution >= 4 is 6.29 Å². The van der Waals surface area contributed by atoms with Gasteiger partial charge in [-0.2, -0.15) is 0 Å². The van der Waals surface area contributed by atoms with Crippen LogP contribution in [0.15, 0.2) is 0 Å². The maximum atomic E-state index is 10.8. The summed E-state index contributed by atoms with van der Waals surface area (Å²) in [4.78, 5) is 10.8. The quantitative estimate of drug-likeness (QED) is 0.527. The first-order valence-electron chi connectivity index (χ1n) is 4.87. The smallest absolute Gasteiger partial charge is 0.123 e. The SMILES string of the molecule is O=CC1C2CCCC1CCC2. The molecule has 0 N–H and O–H groups in total. The Kier molecular flexibility index (Phi) is 1.97. The Bertz CT molecular complexity index is 131. The second kappa shape index (κ2) is 2.96. The average Bonchev–Trinajstić information content (AvgIpc) is 2.03. The van der Waals surface area contributed by atoms with Gasteiger partial charge in [0.05, 0.1) is 0 Å². The Morgan fingerprint density at radius 3 is 1.64 bits per heavy atom. The van der Waals surface area contributed by atoms with Crippen LogP contribution < -0.4 is 0 Å². The maximum absolute atomic E-state index is 10.8. The van der Waals surface area contributed by atoms with E-state index in [2.05, 4.69) is 0 Å². The van der Waals surface area contributed by atoms with Crippen LogP contribution >= 0.6 is 0 Å². The van der Waals surface area contributed by atoms with Crippen molar-refractivity contribution < 1.29 is 4.79 Å². The minimum Gasteiger partial charge on any atom is -0.303 e. The fourth-order valence-electron chi connectivity index (χ4n) is 2.95. The third-order valence-electron chi connectivity index (χ3n) is 3.55. The molecule has 0 saturated heterocycles. The summed E-state index contributed by atoms with van der Waals surface area (Å²) < 4.78 is 0. The highest BCUT2D eigenvalue weighted by Gasteiger charge is 2.35. The lowest BCUT2D eigenvalue weighted by Gasteiger charge is -2.39. The molecule has 11 heavy (non-hydrogen) atoms. The van der Waals surface area contributed by atoms with E-state index in [4.69, 9.17) is 0 Å². The van der Waals surface area contributed by atoms with Gasteiger partial charge in [-0.25, -0.2) is 0 Å². The van der Waals surface area contributed by atoms with E-state index in [-0.39, 0.29) is 0 Å². The first kappa shape index (κ1) is 7.33. The fraction of sp³-hybridized carbons (Fsp3) is 0.900. The van der Waals surface area contributed by atoms with Crippen LogP contribution in [0.5, 0.6) is 0 Å². The molecule has 0 aromatic heterocycles. The summed E-state index contributed by atoms with van der Waals surface area (Å²) in [5, 5.41) is 0. The first-order chi connectivity index (χ1) is 5.42. The van der Waals surface area contributed by atoms with E-state index < -0.39 is 0 Å². The van der Waals surface area contributed by atoms with E-state index >= 15 is 0 Å². The summed E-state index contributed by atoms with van der Waals surface area (Å²) in [6.45, 7) is 0. The Balaban J connectivity index is 2.10. The standard InChI is InChI=1S/C10H16O/c11-7-10-8-3-1-4-9(10)6-2-5-8/h7-10H,1-6H2. The van der Waals surface area contributed by atoms with Gasteiger partial charge < -0.3 is 4.79 Å². The molecule has 0 radical (unpaired) electrons. The zero-order valence-electron chi connectivity index (χ0n) is 6.96. The Morgan fingerprint density at radius 2 is 1.36 bits per heavy atom. The van der Waals surface area contributed by atoms with Crippen molar-refractivity contribution in [3.63, 3.8) is 0 Å². The molecule has 2 bridgehead atoms. The minimum absolute atomic E-state index is 0.442. The second-order valence-corrected chi connectivity index (χ2v) is 4.10. The van der Waals surface area contributed by atoms with Crippen molar-refractivity contribution in [2.45, 2.75) is 38.5 Å². The third kappa shape index (κ3) is 1.21. The van der Waals surface area contributed by atoms with Crippen LogP contribution in [-0.2, 0) is 4.79 Å². The van der Waals surface area contributed by atoms with Gasteiger partial charge in [-0.3, -0.25) is 0 Å². The Labute approximate surface area is 68.2 Å². The number of hydrogen-bond donors (Lipinski definition) is 0. The molecule has 0 aromatic carbocycles. The van der Waals surface area contributed by atoms with Gasteiger partial charge in [-0.15, -0.1) is 0 Å². The lowest BCUT2D eigenvalue weighted by atomic mass is 9.65. The molecule has 62 valence electrons. The predicted molar refractivity (Wildman–Crippen MR) is 44.2 cm³/mol. The lowest BCUT2D eigenvalue weighted by Crippen LogP contribution is -2.33. The average molecular weight is 152 g/mol. The monoisotopic (exact) mass is 152 g/mol. The molecule has 0 heterocycles. The van der Waals surface area contributed by atoms with Gasteiger partial charge in [-0.05, 0) is 37.5 Å². The van der Waals surface area contributed by atoms with Crippen molar-refractivity contribution in [1.29, 1.82) is 0 Å². The molecular weight excluding hydrogens is 136 g/mol. The van der Waals surface area contributed by atoms with Gasteiger partial charge in [0.25, 0.3) is 0 Å². The number of carbonyl (C=O) groups excluding carboxylic acids is 1. The van der Waals surface area contributed by atoms with Gasteiger partial charge in [0, 0.05) is 5.92 Å². The van der Waals surface area contributed by atoms with Crippen molar-refractivity contribution in [3.05, 3.63) is 0 Å². The lowest BCUT2D eigenvalue weighted by molar-refractivity contribution is -0.116. The number of rotatable bonds is 1. The molecule has 0 aromatic rings. The Morgan fingerprint density at radius 1 is 0.909 bits per heavy atom. The summed E-state index contributed by atoms with van der Waals surface area (Å²) in [7, 11) is 0. The zero-order valence-corrected chi connectivity index (χ0v) is 6.96. The number of carbonyl (C=O) groups is 1. The molecule has 1 nitrogen and oxygen atoms in total. The molecule has 2 aliphatic carbocycles. The van der Waals surface area contributed by atoms with Gasteiger partial charge in [-0.1, -0.05) is 12.8 Å². The normalized spacial score (nSPS) is 43.5. The van der Waals surface area contributed by atoms with E-state index in [1.807, 2.05) is 0 Å². The molecule has 0 atom stereocenters. The van der Waals surface area contributed by atoms with Crippen LogP contribution in [-0.4, -0.2) is 6.29 Å². The van der Waals surface area contributed by atoms with Gasteiger partial charge >= 0.3 is 0 Å². The van der Waals surface area contributed by atoms with Crippen LogP contribution in [0.4, 0.5) is 0 Å². The van der Waals surface area contributed by atoms with Gasteiger partial charge in [0.1, 0.15) is 6.29 Å². The molecule has 2 aliphatic rings. The molecule has 1 heteroatoms. The highest BCUT2D eigenvalue weighted by molar-refractivity contribution is 5.55. The topological polar surface area (TPSA) is 17.1 Å². The largest absolute Gasteiger partial charge is 0.303 e. The van der Waals surface area contributed by atoms with Crippen molar-refractivity contribution in [1.82, 2.24) is 0 Å². The van der Waals surface area contributed by atoms with Crippen LogP contribution in [0.2, 0.25) is 0 Å². The fourth-order valence-corrected chi connectivity index (χ4v) is 2.95. The molecular formula is C10H16O. The summed E-state index contributed by atoms with van der Waals surface area (Å²) in [5.41, 5.74) is 0. The maximum Gasteiger partial charge on any atom is 0.123 e. The number of fused-ring (bicyclic) bond motifs is 2. The van der Waals surface area contributed by atoms with Crippen LogP contribution in [0.25, 0.3) is 0 Å². The third-order valence-corrected chi connectivity index (χ3v) is 3.55. The van der Waals surface area contributed by atoms with Crippen LogP contribution in [0.1, 0.15) is 38.5 Å². The summed E-state index contributed by atoms with van der Waals surface area (Å²) in [6, 6.07) is 0. The predicted octanol–water partition coefficient (Wildman–Crippen LogP) is 2.40. The summed E-state index contributed by atoms with van der Waals surface area (Å²) in [5.74, 6) is 1.97. The molecule has 2 fully saturated rings. The summed E-state index contributed by atoms with van der Waals surface area (Å²) >= 11 is 0. The van der Waals surface area contributed by atoms with Gasteiger partial charge in [0.15, 0.2) is 0 Å².